The lowest BCUT2D eigenvalue weighted by atomic mass is 10.1. The van der Waals surface area contributed by atoms with Crippen molar-refractivity contribution < 1.29 is 4.79 Å². The molecule has 0 saturated heterocycles. The first kappa shape index (κ1) is 14.2. The first-order chi connectivity index (χ1) is 9.06. The Hall–Kier alpha value is -1.26. The maximum absolute atomic E-state index is 11.2. The van der Waals surface area contributed by atoms with Crippen molar-refractivity contribution in [2.24, 2.45) is 5.73 Å². The Balaban J connectivity index is 2.14. The Bertz CT molecular complexity index is 458. The second kappa shape index (κ2) is 6.26. The molecule has 1 saturated carbocycles. The van der Waals surface area contributed by atoms with Crippen LogP contribution in [-0.2, 0) is 11.3 Å². The number of amides is 1. The second-order valence-corrected chi connectivity index (χ2v) is 5.57. The largest absolute Gasteiger partial charge is 0.399 e. The number of benzene rings is 1. The van der Waals surface area contributed by atoms with Gasteiger partial charge in [-0.2, -0.15) is 0 Å². The molecular formula is C14H20ClN3O. The molecule has 1 aromatic rings. The second-order valence-electron chi connectivity index (χ2n) is 5.16. The van der Waals surface area contributed by atoms with Crippen molar-refractivity contribution in [3.8, 4) is 0 Å². The maximum atomic E-state index is 11.2. The number of anilines is 1. The van der Waals surface area contributed by atoms with Crippen molar-refractivity contribution in [1.29, 1.82) is 0 Å². The number of nitrogens with zero attached hydrogens (tertiary/aromatic N) is 1. The molecule has 4 N–H and O–H groups in total. The zero-order chi connectivity index (χ0) is 13.8. The maximum Gasteiger partial charge on any atom is 0.231 e. The quantitative estimate of drug-likeness (QED) is 0.812. The first-order valence-corrected chi connectivity index (χ1v) is 7.00. The topological polar surface area (TPSA) is 72.4 Å². The smallest absolute Gasteiger partial charge is 0.231 e. The summed E-state index contributed by atoms with van der Waals surface area (Å²) in [6, 6.07) is 5.86. The molecule has 0 bridgehead atoms. The molecule has 0 aliphatic heterocycles. The summed E-state index contributed by atoms with van der Waals surface area (Å²) in [7, 11) is 0. The zero-order valence-electron chi connectivity index (χ0n) is 10.9. The fraction of sp³-hybridized carbons (Fsp3) is 0.500. The van der Waals surface area contributed by atoms with Crippen molar-refractivity contribution in [1.82, 2.24) is 4.90 Å². The Morgan fingerprint density at radius 1 is 1.37 bits per heavy atom. The van der Waals surface area contributed by atoms with E-state index in [-0.39, 0.29) is 12.5 Å². The summed E-state index contributed by atoms with van der Waals surface area (Å²) in [5.74, 6) is -0.299. The van der Waals surface area contributed by atoms with Crippen LogP contribution >= 0.6 is 11.6 Å². The van der Waals surface area contributed by atoms with E-state index in [4.69, 9.17) is 23.1 Å². The number of nitrogens with two attached hydrogens (primary N) is 2. The van der Waals surface area contributed by atoms with Crippen molar-refractivity contribution in [3.05, 3.63) is 28.8 Å². The summed E-state index contributed by atoms with van der Waals surface area (Å²) in [5.41, 5.74) is 12.8. The number of primary amides is 1. The molecule has 1 aliphatic rings. The molecule has 4 nitrogen and oxygen atoms in total. The van der Waals surface area contributed by atoms with Gasteiger partial charge in [-0.1, -0.05) is 24.4 Å². The Morgan fingerprint density at radius 3 is 2.68 bits per heavy atom. The predicted molar refractivity (Wildman–Crippen MR) is 77.7 cm³/mol. The number of hydrogen-bond acceptors (Lipinski definition) is 3. The third-order valence-electron chi connectivity index (χ3n) is 3.64. The first-order valence-electron chi connectivity index (χ1n) is 6.62. The summed E-state index contributed by atoms with van der Waals surface area (Å²) >= 11 is 6.19. The SMILES string of the molecule is NC(=O)CN(Cc1cc(N)ccc1Cl)C1CCCC1. The van der Waals surface area contributed by atoms with E-state index in [2.05, 4.69) is 4.90 Å². The highest BCUT2D eigenvalue weighted by molar-refractivity contribution is 6.31. The summed E-state index contributed by atoms with van der Waals surface area (Å²) in [4.78, 5) is 13.4. The summed E-state index contributed by atoms with van der Waals surface area (Å²) in [6.07, 6.45) is 4.66. The van der Waals surface area contributed by atoms with E-state index >= 15 is 0 Å². The van der Waals surface area contributed by atoms with E-state index in [0.717, 1.165) is 18.4 Å². The van der Waals surface area contributed by atoms with E-state index in [1.54, 1.807) is 12.1 Å². The van der Waals surface area contributed by atoms with Gasteiger partial charge in [0.15, 0.2) is 0 Å². The minimum absolute atomic E-state index is 0.274. The average Bonchev–Trinajstić information content (AvgIpc) is 2.86. The van der Waals surface area contributed by atoms with Crippen molar-refractivity contribution in [2.45, 2.75) is 38.3 Å². The van der Waals surface area contributed by atoms with Gasteiger partial charge in [-0.3, -0.25) is 9.69 Å². The average molecular weight is 282 g/mol. The number of carbonyl (C=O) groups is 1. The lowest BCUT2D eigenvalue weighted by Crippen LogP contribution is -2.39. The van der Waals surface area contributed by atoms with E-state index in [0.29, 0.717) is 23.3 Å². The lowest BCUT2D eigenvalue weighted by Gasteiger charge is -2.28. The highest BCUT2D eigenvalue weighted by atomic mass is 35.5. The third-order valence-corrected chi connectivity index (χ3v) is 4.01. The van der Waals surface area contributed by atoms with Crippen LogP contribution in [0.5, 0.6) is 0 Å². The highest BCUT2D eigenvalue weighted by Gasteiger charge is 2.24. The molecule has 0 atom stereocenters. The summed E-state index contributed by atoms with van der Waals surface area (Å²) in [5, 5.41) is 0.682. The van der Waals surface area contributed by atoms with E-state index < -0.39 is 0 Å². The fourth-order valence-electron chi connectivity index (χ4n) is 2.72. The normalized spacial score (nSPS) is 16.1. The van der Waals surface area contributed by atoms with Crippen molar-refractivity contribution >= 4 is 23.2 Å². The molecule has 1 fully saturated rings. The Kier molecular flexibility index (Phi) is 4.66. The van der Waals surface area contributed by atoms with Gasteiger partial charge in [-0.05, 0) is 36.6 Å². The number of nitrogen functional groups attached to an aromatic ring is 1. The molecular weight excluding hydrogens is 262 g/mol. The number of rotatable bonds is 5. The lowest BCUT2D eigenvalue weighted by molar-refractivity contribution is -0.119. The molecule has 0 spiro atoms. The van der Waals surface area contributed by atoms with Gasteiger partial charge in [0, 0.05) is 23.3 Å². The molecule has 1 amide bonds. The van der Waals surface area contributed by atoms with Crippen LogP contribution in [-0.4, -0.2) is 23.4 Å². The van der Waals surface area contributed by atoms with Gasteiger partial charge in [-0.25, -0.2) is 0 Å². The number of hydrogen-bond donors (Lipinski definition) is 2. The summed E-state index contributed by atoms with van der Waals surface area (Å²) < 4.78 is 0. The molecule has 2 rings (SSSR count). The van der Waals surface area contributed by atoms with E-state index in [9.17, 15) is 4.79 Å². The number of carbonyl (C=O) groups excluding carboxylic acids is 1. The van der Waals surface area contributed by atoms with Crippen molar-refractivity contribution in [3.63, 3.8) is 0 Å². The van der Waals surface area contributed by atoms with Gasteiger partial charge in [0.2, 0.25) is 5.91 Å². The van der Waals surface area contributed by atoms with Gasteiger partial charge in [-0.15, -0.1) is 0 Å². The van der Waals surface area contributed by atoms with Crippen LogP contribution in [0.25, 0.3) is 0 Å². The molecule has 1 aromatic carbocycles. The standard InChI is InChI=1S/C14H20ClN3O/c15-13-6-5-11(16)7-10(13)8-18(9-14(17)19)12-3-1-2-4-12/h5-7,12H,1-4,8-9,16H2,(H2,17,19). The third kappa shape index (κ3) is 3.85. The molecule has 1 aliphatic carbocycles. The molecule has 104 valence electrons. The molecule has 0 heterocycles. The van der Waals surface area contributed by atoms with E-state index in [1.807, 2.05) is 6.07 Å². The minimum Gasteiger partial charge on any atom is -0.399 e. The molecule has 0 unspecified atom stereocenters. The highest BCUT2D eigenvalue weighted by Crippen LogP contribution is 2.27. The Labute approximate surface area is 118 Å². The van der Waals surface area contributed by atoms with Crippen LogP contribution in [0.3, 0.4) is 0 Å². The molecule has 5 heteroatoms. The van der Waals surface area contributed by atoms with Crippen LogP contribution in [0, 0.1) is 0 Å². The van der Waals surface area contributed by atoms with Crippen LogP contribution in [0.15, 0.2) is 18.2 Å². The fourth-order valence-corrected chi connectivity index (χ4v) is 2.90. The van der Waals surface area contributed by atoms with Crippen LogP contribution in [0.4, 0.5) is 5.69 Å². The molecule has 0 aromatic heterocycles. The minimum atomic E-state index is -0.299. The van der Waals surface area contributed by atoms with Gasteiger partial charge in [0.05, 0.1) is 6.54 Å². The zero-order valence-corrected chi connectivity index (χ0v) is 11.7. The summed E-state index contributed by atoms with van der Waals surface area (Å²) in [6.45, 7) is 0.896. The van der Waals surface area contributed by atoms with Gasteiger partial charge >= 0.3 is 0 Å². The molecule has 0 radical (unpaired) electrons. The van der Waals surface area contributed by atoms with Crippen molar-refractivity contribution in [2.75, 3.05) is 12.3 Å². The van der Waals surface area contributed by atoms with E-state index in [1.165, 1.54) is 12.8 Å². The predicted octanol–water partition coefficient (Wildman–Crippen LogP) is 2.15. The number of halogens is 1. The monoisotopic (exact) mass is 281 g/mol. The van der Waals surface area contributed by atoms with Crippen LogP contribution in [0.1, 0.15) is 31.2 Å². The molecule has 19 heavy (non-hydrogen) atoms. The van der Waals surface area contributed by atoms with Gasteiger partial charge in [0.25, 0.3) is 0 Å². The van der Waals surface area contributed by atoms with Crippen LogP contribution < -0.4 is 11.5 Å². The van der Waals surface area contributed by atoms with Gasteiger partial charge < -0.3 is 11.5 Å². The van der Waals surface area contributed by atoms with Gasteiger partial charge in [0.1, 0.15) is 0 Å². The Morgan fingerprint density at radius 2 is 2.05 bits per heavy atom. The van der Waals surface area contributed by atoms with Crippen LogP contribution in [0.2, 0.25) is 5.02 Å².